The van der Waals surface area contributed by atoms with Gasteiger partial charge in [0.1, 0.15) is 5.82 Å². The summed E-state index contributed by atoms with van der Waals surface area (Å²) in [5, 5.41) is 9.96. The third kappa shape index (κ3) is 2.83. The van der Waals surface area contributed by atoms with Crippen LogP contribution in [0.4, 0.5) is 10.1 Å². The summed E-state index contributed by atoms with van der Waals surface area (Å²) in [6.07, 6.45) is 0. The summed E-state index contributed by atoms with van der Waals surface area (Å²) in [5.41, 5.74) is 2.69. The maximum Gasteiger partial charge on any atom is 0.223 e. The Kier molecular flexibility index (Phi) is 4.11. The molecule has 1 aromatic rings. The van der Waals surface area contributed by atoms with Crippen molar-refractivity contribution >= 4 is 17.4 Å². The van der Waals surface area contributed by atoms with Gasteiger partial charge in [-0.3, -0.25) is 0 Å². The van der Waals surface area contributed by atoms with Gasteiger partial charge in [0.25, 0.3) is 0 Å². The summed E-state index contributed by atoms with van der Waals surface area (Å²) in [6, 6.07) is 4.84. The minimum absolute atomic E-state index is 0.0351. The smallest absolute Gasteiger partial charge is 0.223 e. The fourth-order valence-corrected chi connectivity index (χ4v) is 2.86. The van der Waals surface area contributed by atoms with Crippen molar-refractivity contribution in [2.75, 3.05) is 26.2 Å². The highest BCUT2D eigenvalue weighted by Gasteiger charge is 2.31. The van der Waals surface area contributed by atoms with Crippen LogP contribution in [0.3, 0.4) is 0 Å². The van der Waals surface area contributed by atoms with Crippen LogP contribution in [0.15, 0.2) is 28.3 Å². The van der Waals surface area contributed by atoms with Crippen LogP contribution < -0.4 is 5.32 Å². The topological polar surface area (TPSA) is 43.2 Å². The van der Waals surface area contributed by atoms with Gasteiger partial charge < -0.3 is 10.2 Å². The Hall–Kier alpha value is -1.95. The molecule has 0 bridgehead atoms. The third-order valence-electron chi connectivity index (χ3n) is 3.94. The molecule has 2 aliphatic heterocycles. The Morgan fingerprint density at radius 2 is 2.05 bits per heavy atom. The van der Waals surface area contributed by atoms with Crippen molar-refractivity contribution in [3.63, 3.8) is 0 Å². The summed E-state index contributed by atoms with van der Waals surface area (Å²) < 4.78 is 13.6. The van der Waals surface area contributed by atoms with Gasteiger partial charge in [0, 0.05) is 37.5 Å². The molecular weight excluding hydrogens is 281 g/mol. The Labute approximate surface area is 130 Å². The van der Waals surface area contributed by atoms with Crippen LogP contribution in [0.25, 0.3) is 0 Å². The van der Waals surface area contributed by atoms with E-state index in [1.54, 1.807) is 6.07 Å². The predicted octanol–water partition coefficient (Wildman–Crippen LogP) is 2.49. The number of hydrogen-bond acceptors (Lipinski definition) is 5. The van der Waals surface area contributed by atoms with E-state index in [0.717, 1.165) is 43.4 Å². The predicted molar refractivity (Wildman–Crippen MR) is 87.0 cm³/mol. The quantitative estimate of drug-likeness (QED) is 0.811. The molecule has 2 aliphatic rings. The number of piperazine rings is 1. The van der Waals surface area contributed by atoms with E-state index in [0.29, 0.717) is 5.69 Å². The minimum atomic E-state index is -0.252. The molecule has 0 saturated carbocycles. The Balaban J connectivity index is 2.06. The molecule has 0 radical (unpaired) electrons. The van der Waals surface area contributed by atoms with Gasteiger partial charge in [0.05, 0.1) is 11.7 Å². The molecule has 1 N–H and O–H groups in total. The lowest BCUT2D eigenvalue weighted by Crippen LogP contribution is -2.52. The van der Waals surface area contributed by atoms with Crippen LogP contribution in [0.2, 0.25) is 0 Å². The van der Waals surface area contributed by atoms with Crippen LogP contribution in [0, 0.1) is 5.82 Å². The highest BCUT2D eigenvalue weighted by molar-refractivity contribution is 5.88. The first-order chi connectivity index (χ1) is 10.6. The summed E-state index contributed by atoms with van der Waals surface area (Å²) in [6.45, 7) is 9.64. The van der Waals surface area contributed by atoms with Gasteiger partial charge in [0.15, 0.2) is 0 Å². The molecule has 0 amide bonds. The number of hydrazone groups is 1. The molecule has 2 heterocycles. The molecule has 0 aliphatic carbocycles. The van der Waals surface area contributed by atoms with Gasteiger partial charge >= 0.3 is 0 Å². The molecule has 6 heteroatoms. The first-order valence-electron chi connectivity index (χ1n) is 7.71. The van der Waals surface area contributed by atoms with E-state index >= 15 is 0 Å². The number of halogens is 1. The zero-order chi connectivity index (χ0) is 15.7. The SMILES string of the molecule is CC(C)=NN1C(N2CCNCC2)=Nc2cc(F)ccc2C1C. The number of benzene rings is 1. The van der Waals surface area contributed by atoms with Crippen molar-refractivity contribution in [2.45, 2.75) is 26.8 Å². The number of fused-ring (bicyclic) bond motifs is 1. The summed E-state index contributed by atoms with van der Waals surface area (Å²) in [4.78, 5) is 6.92. The molecule has 1 atom stereocenters. The molecule has 5 nitrogen and oxygen atoms in total. The molecular formula is C16H22FN5. The van der Waals surface area contributed by atoms with Gasteiger partial charge in [-0.2, -0.15) is 5.10 Å². The van der Waals surface area contributed by atoms with E-state index in [4.69, 9.17) is 4.99 Å². The van der Waals surface area contributed by atoms with Gasteiger partial charge in [-0.15, -0.1) is 0 Å². The third-order valence-corrected chi connectivity index (χ3v) is 3.94. The molecule has 0 spiro atoms. The zero-order valence-electron chi connectivity index (χ0n) is 13.3. The minimum Gasteiger partial charge on any atom is -0.338 e. The van der Waals surface area contributed by atoms with Crippen LogP contribution in [0.5, 0.6) is 0 Å². The van der Waals surface area contributed by atoms with Crippen LogP contribution in [-0.4, -0.2) is 47.8 Å². The normalized spacial score (nSPS) is 21.3. The Morgan fingerprint density at radius 1 is 1.32 bits per heavy atom. The first-order valence-corrected chi connectivity index (χ1v) is 7.71. The van der Waals surface area contributed by atoms with Crippen molar-refractivity contribution in [1.29, 1.82) is 0 Å². The van der Waals surface area contributed by atoms with E-state index in [9.17, 15) is 4.39 Å². The van der Waals surface area contributed by atoms with Crippen molar-refractivity contribution in [3.05, 3.63) is 29.6 Å². The highest BCUT2D eigenvalue weighted by Crippen LogP contribution is 2.36. The maximum atomic E-state index is 13.6. The maximum absolute atomic E-state index is 13.6. The number of aliphatic imine (C=N–C) groups is 1. The molecule has 118 valence electrons. The number of hydrogen-bond donors (Lipinski definition) is 1. The van der Waals surface area contributed by atoms with Gasteiger partial charge in [0.2, 0.25) is 5.96 Å². The Bertz CT molecular complexity index is 615. The fourth-order valence-electron chi connectivity index (χ4n) is 2.86. The van der Waals surface area contributed by atoms with Gasteiger partial charge in [-0.05, 0) is 32.9 Å². The van der Waals surface area contributed by atoms with Crippen molar-refractivity contribution in [1.82, 2.24) is 15.2 Å². The van der Waals surface area contributed by atoms with Crippen LogP contribution in [0.1, 0.15) is 32.4 Å². The van der Waals surface area contributed by atoms with Crippen molar-refractivity contribution in [3.8, 4) is 0 Å². The van der Waals surface area contributed by atoms with E-state index in [1.165, 1.54) is 12.1 Å². The number of nitrogens with zero attached hydrogens (tertiary/aromatic N) is 4. The standard InChI is InChI=1S/C16H22FN5/c1-11(2)20-22-12(3)14-5-4-13(17)10-15(14)19-16(22)21-8-6-18-7-9-21/h4-5,10,12,18H,6-9H2,1-3H3. The second kappa shape index (κ2) is 6.04. The molecule has 1 unspecified atom stereocenters. The number of rotatable bonds is 1. The van der Waals surface area contributed by atoms with Gasteiger partial charge in [-0.25, -0.2) is 14.4 Å². The number of nitrogens with one attached hydrogen (secondary N) is 1. The van der Waals surface area contributed by atoms with E-state index < -0.39 is 0 Å². The van der Waals surface area contributed by atoms with E-state index in [-0.39, 0.29) is 11.9 Å². The second-order valence-electron chi connectivity index (χ2n) is 5.92. The summed E-state index contributed by atoms with van der Waals surface area (Å²) in [7, 11) is 0. The number of guanidine groups is 1. The largest absolute Gasteiger partial charge is 0.338 e. The average Bonchev–Trinajstić information content (AvgIpc) is 2.50. The lowest BCUT2D eigenvalue weighted by atomic mass is 10.0. The fraction of sp³-hybridized carbons (Fsp3) is 0.500. The molecule has 3 rings (SSSR count). The molecule has 1 aromatic carbocycles. The van der Waals surface area contributed by atoms with Crippen LogP contribution >= 0.6 is 0 Å². The first kappa shape index (κ1) is 15.0. The van der Waals surface area contributed by atoms with Gasteiger partial charge in [-0.1, -0.05) is 6.07 Å². The van der Waals surface area contributed by atoms with Crippen molar-refractivity contribution < 1.29 is 4.39 Å². The average molecular weight is 303 g/mol. The summed E-state index contributed by atoms with van der Waals surface area (Å²) in [5.74, 6) is 0.561. The second-order valence-corrected chi connectivity index (χ2v) is 5.92. The molecule has 1 saturated heterocycles. The van der Waals surface area contributed by atoms with E-state index in [2.05, 4.69) is 22.2 Å². The van der Waals surface area contributed by atoms with Crippen molar-refractivity contribution in [2.24, 2.45) is 10.1 Å². The van der Waals surface area contributed by atoms with Crippen LogP contribution in [-0.2, 0) is 0 Å². The molecule has 22 heavy (non-hydrogen) atoms. The zero-order valence-corrected chi connectivity index (χ0v) is 13.3. The van der Waals surface area contributed by atoms with E-state index in [1.807, 2.05) is 18.9 Å². The Morgan fingerprint density at radius 3 is 2.73 bits per heavy atom. The lowest BCUT2D eigenvalue weighted by Gasteiger charge is -2.39. The summed E-state index contributed by atoms with van der Waals surface area (Å²) >= 11 is 0. The molecule has 0 aromatic heterocycles. The lowest BCUT2D eigenvalue weighted by molar-refractivity contribution is 0.258. The highest BCUT2D eigenvalue weighted by atomic mass is 19.1. The monoisotopic (exact) mass is 303 g/mol. The molecule has 1 fully saturated rings.